The molecule has 0 aliphatic carbocycles. The monoisotopic (exact) mass is 379 g/mol. The van der Waals surface area contributed by atoms with Gasteiger partial charge in [0.2, 0.25) is 0 Å². The van der Waals surface area contributed by atoms with Gasteiger partial charge in [0.1, 0.15) is 12.4 Å². The second-order valence-electron chi connectivity index (χ2n) is 7.48. The molecule has 2 rings (SSSR count). The fraction of sp³-hybridized carbons (Fsp3) is 0.292. The van der Waals surface area contributed by atoms with E-state index in [4.69, 9.17) is 4.74 Å². The van der Waals surface area contributed by atoms with E-state index in [1.807, 2.05) is 76.2 Å². The molecule has 0 bridgehead atoms. The maximum atomic E-state index is 12.0. The lowest BCUT2D eigenvalue weighted by Gasteiger charge is -2.37. The van der Waals surface area contributed by atoms with E-state index in [-0.39, 0.29) is 13.2 Å². The average Bonchev–Trinajstić information content (AvgIpc) is 2.65. The van der Waals surface area contributed by atoms with E-state index in [1.165, 1.54) is 4.90 Å². The van der Waals surface area contributed by atoms with Crippen LogP contribution in [-0.2, 0) is 5.54 Å². The number of rotatable bonds is 8. The Morgan fingerprint density at radius 2 is 1.64 bits per heavy atom. The lowest BCUT2D eigenvalue weighted by molar-refractivity contribution is 0.0801. The van der Waals surface area contributed by atoms with Crippen LogP contribution in [0.4, 0.5) is 4.79 Å². The van der Waals surface area contributed by atoms with Crippen LogP contribution in [0, 0.1) is 0 Å². The van der Waals surface area contributed by atoms with Crippen molar-refractivity contribution in [2.24, 2.45) is 0 Å². The number of hydrogen-bond donors (Lipinski definition) is 1. The maximum absolute atomic E-state index is 12.0. The molecule has 148 valence electrons. The van der Waals surface area contributed by atoms with Crippen molar-refractivity contribution < 1.29 is 14.6 Å². The molecular formula is C24H29NO3. The minimum absolute atomic E-state index is 0.245. The van der Waals surface area contributed by atoms with Crippen LogP contribution >= 0.6 is 0 Å². The van der Waals surface area contributed by atoms with Crippen molar-refractivity contribution in [1.82, 2.24) is 4.90 Å². The zero-order chi connectivity index (χ0) is 20.9. The van der Waals surface area contributed by atoms with Crippen molar-refractivity contribution in [3.8, 4) is 5.75 Å². The maximum Gasteiger partial charge on any atom is 0.408 e. The van der Waals surface area contributed by atoms with Crippen LogP contribution in [0.1, 0.15) is 44.4 Å². The summed E-state index contributed by atoms with van der Waals surface area (Å²) in [5, 5.41) is 9.80. The summed E-state index contributed by atoms with van der Waals surface area (Å²) in [4.78, 5) is 13.4. The van der Waals surface area contributed by atoms with Gasteiger partial charge in [-0.1, -0.05) is 61.2 Å². The molecule has 0 aromatic heterocycles. The number of amides is 1. The molecule has 0 aliphatic rings. The first-order chi connectivity index (χ1) is 13.1. The number of para-hydroxylation sites is 1. The van der Waals surface area contributed by atoms with Gasteiger partial charge in [-0.3, -0.25) is 4.90 Å². The summed E-state index contributed by atoms with van der Waals surface area (Å²) in [5.74, 6) is 0.712. The van der Waals surface area contributed by atoms with Crippen LogP contribution in [0.15, 0.2) is 61.7 Å². The Morgan fingerprint density at radius 3 is 2.18 bits per heavy atom. The summed E-state index contributed by atoms with van der Waals surface area (Å²) in [6.07, 6.45) is -0.981. The zero-order valence-electron chi connectivity index (χ0n) is 17.2. The lowest BCUT2D eigenvalue weighted by Crippen LogP contribution is -2.46. The van der Waals surface area contributed by atoms with Crippen molar-refractivity contribution in [2.45, 2.75) is 33.2 Å². The van der Waals surface area contributed by atoms with Crippen LogP contribution in [0.5, 0.6) is 5.75 Å². The first kappa shape index (κ1) is 21.3. The van der Waals surface area contributed by atoms with Crippen molar-refractivity contribution in [2.75, 3.05) is 13.2 Å². The number of carbonyl (C=O) groups is 1. The van der Waals surface area contributed by atoms with Crippen LogP contribution < -0.4 is 4.74 Å². The van der Waals surface area contributed by atoms with Gasteiger partial charge in [-0.2, -0.15) is 0 Å². The molecular weight excluding hydrogens is 350 g/mol. The molecule has 28 heavy (non-hydrogen) atoms. The lowest BCUT2D eigenvalue weighted by atomic mass is 9.91. The van der Waals surface area contributed by atoms with Crippen LogP contribution in [0.25, 0.3) is 11.1 Å². The van der Waals surface area contributed by atoms with E-state index < -0.39 is 11.6 Å². The largest absolute Gasteiger partial charge is 0.491 e. The molecule has 4 heteroatoms. The third kappa shape index (κ3) is 4.83. The Hall–Kier alpha value is -3.01. The standard InChI is InChI=1S/C24H29NO3/c1-17(2)19-11-13-20(14-12-19)24(5,6)25(23(26)27)15-16-28-22-10-8-7-9-21(22)18(3)4/h7-14H,1,3,15-16H2,2,4-6H3,(H,26,27). The molecule has 0 radical (unpaired) electrons. The van der Waals surface area contributed by atoms with Gasteiger partial charge in [0.25, 0.3) is 0 Å². The van der Waals surface area contributed by atoms with Crippen LogP contribution in [0.3, 0.4) is 0 Å². The van der Waals surface area contributed by atoms with Gasteiger partial charge in [0.15, 0.2) is 0 Å². The first-order valence-electron chi connectivity index (χ1n) is 9.29. The van der Waals surface area contributed by atoms with E-state index in [0.29, 0.717) is 5.75 Å². The fourth-order valence-electron chi connectivity index (χ4n) is 3.12. The summed E-state index contributed by atoms with van der Waals surface area (Å²) in [5.41, 5.74) is 4.08. The molecule has 4 nitrogen and oxygen atoms in total. The minimum atomic E-state index is -0.981. The third-order valence-electron chi connectivity index (χ3n) is 4.91. The zero-order valence-corrected chi connectivity index (χ0v) is 17.2. The van der Waals surface area contributed by atoms with Gasteiger partial charge in [-0.15, -0.1) is 0 Å². The smallest absolute Gasteiger partial charge is 0.408 e. The number of carboxylic acid groups (broad SMARTS) is 1. The Morgan fingerprint density at radius 1 is 1.04 bits per heavy atom. The molecule has 2 aromatic rings. The molecule has 0 atom stereocenters. The van der Waals surface area contributed by atoms with Gasteiger partial charge >= 0.3 is 6.09 Å². The number of nitrogens with zero attached hydrogens (tertiary/aromatic N) is 1. The molecule has 0 saturated carbocycles. The summed E-state index contributed by atoms with van der Waals surface area (Å²) >= 11 is 0. The molecule has 0 aliphatic heterocycles. The average molecular weight is 380 g/mol. The second kappa shape index (κ2) is 8.79. The summed E-state index contributed by atoms with van der Waals surface area (Å²) in [7, 11) is 0. The van der Waals surface area contributed by atoms with E-state index in [0.717, 1.165) is 27.8 Å². The van der Waals surface area contributed by atoms with E-state index in [1.54, 1.807) is 0 Å². The summed E-state index contributed by atoms with van der Waals surface area (Å²) < 4.78 is 5.88. The fourth-order valence-corrected chi connectivity index (χ4v) is 3.12. The van der Waals surface area contributed by atoms with Crippen molar-refractivity contribution in [1.29, 1.82) is 0 Å². The number of benzene rings is 2. The Kier molecular flexibility index (Phi) is 6.68. The van der Waals surface area contributed by atoms with E-state index in [2.05, 4.69) is 13.2 Å². The Bertz CT molecular complexity index is 866. The number of ether oxygens (including phenoxy) is 1. The molecule has 0 unspecified atom stereocenters. The SMILES string of the molecule is C=C(C)c1ccc(C(C)(C)N(CCOc2ccccc2C(=C)C)C(=O)O)cc1. The Labute approximate surface area is 167 Å². The predicted molar refractivity (Wildman–Crippen MR) is 116 cm³/mol. The highest BCUT2D eigenvalue weighted by molar-refractivity contribution is 5.68. The first-order valence-corrected chi connectivity index (χ1v) is 9.29. The highest BCUT2D eigenvalue weighted by Gasteiger charge is 2.32. The van der Waals surface area contributed by atoms with Gasteiger partial charge < -0.3 is 9.84 Å². The van der Waals surface area contributed by atoms with Crippen LogP contribution in [-0.4, -0.2) is 29.3 Å². The van der Waals surface area contributed by atoms with Crippen molar-refractivity contribution in [3.05, 3.63) is 78.4 Å². The van der Waals surface area contributed by atoms with Crippen molar-refractivity contribution in [3.63, 3.8) is 0 Å². The third-order valence-corrected chi connectivity index (χ3v) is 4.91. The topological polar surface area (TPSA) is 49.8 Å². The van der Waals surface area contributed by atoms with Gasteiger partial charge in [-0.25, -0.2) is 4.79 Å². The normalized spacial score (nSPS) is 11.0. The van der Waals surface area contributed by atoms with Crippen LogP contribution in [0.2, 0.25) is 0 Å². The molecule has 0 heterocycles. The highest BCUT2D eigenvalue weighted by Crippen LogP contribution is 2.29. The quantitative estimate of drug-likeness (QED) is 0.608. The van der Waals surface area contributed by atoms with E-state index >= 15 is 0 Å². The molecule has 1 amide bonds. The van der Waals surface area contributed by atoms with E-state index in [9.17, 15) is 9.90 Å². The minimum Gasteiger partial charge on any atom is -0.491 e. The second-order valence-corrected chi connectivity index (χ2v) is 7.48. The van der Waals surface area contributed by atoms with Gasteiger partial charge in [-0.05, 0) is 50.5 Å². The molecule has 1 N–H and O–H groups in total. The highest BCUT2D eigenvalue weighted by atomic mass is 16.5. The molecule has 0 saturated heterocycles. The number of hydrogen-bond acceptors (Lipinski definition) is 2. The van der Waals surface area contributed by atoms with Crippen molar-refractivity contribution >= 4 is 17.2 Å². The molecule has 2 aromatic carbocycles. The molecule has 0 spiro atoms. The Balaban J connectivity index is 2.15. The number of allylic oxidation sites excluding steroid dienone is 2. The molecule has 0 fully saturated rings. The van der Waals surface area contributed by atoms with Gasteiger partial charge in [0, 0.05) is 5.56 Å². The predicted octanol–water partition coefficient (Wildman–Crippen LogP) is 6.05. The summed E-state index contributed by atoms with van der Waals surface area (Å²) in [6.45, 7) is 16.1. The van der Waals surface area contributed by atoms with Gasteiger partial charge in [0.05, 0.1) is 12.1 Å². The summed E-state index contributed by atoms with van der Waals surface area (Å²) in [6, 6.07) is 15.5.